The van der Waals surface area contributed by atoms with Crippen molar-refractivity contribution >= 4 is 17.2 Å². The Hall–Kier alpha value is -2.27. The second-order valence-electron chi connectivity index (χ2n) is 6.13. The lowest BCUT2D eigenvalue weighted by Gasteiger charge is -2.18. The van der Waals surface area contributed by atoms with Crippen LogP contribution in [-0.2, 0) is 0 Å². The Morgan fingerprint density at radius 3 is 2.50 bits per heavy atom. The zero-order chi connectivity index (χ0) is 18.9. The van der Waals surface area contributed by atoms with E-state index in [1.807, 2.05) is 49.7 Å². The zero-order valence-corrected chi connectivity index (χ0v) is 17.0. The first kappa shape index (κ1) is 20.0. The van der Waals surface area contributed by atoms with E-state index in [9.17, 15) is 0 Å². The molecule has 3 heterocycles. The zero-order valence-electron chi connectivity index (χ0n) is 16.2. The normalized spacial score (nSPS) is 12.7. The summed E-state index contributed by atoms with van der Waals surface area (Å²) in [5.41, 5.74) is 2.96. The molecule has 0 aliphatic rings. The van der Waals surface area contributed by atoms with Crippen molar-refractivity contribution in [2.75, 3.05) is 5.32 Å². The van der Waals surface area contributed by atoms with Crippen molar-refractivity contribution in [1.82, 2.24) is 15.0 Å². The maximum absolute atomic E-state index is 4.77. The van der Waals surface area contributed by atoms with Crippen LogP contribution in [0.4, 0.5) is 5.82 Å². The second kappa shape index (κ2) is 10.0. The van der Waals surface area contributed by atoms with Gasteiger partial charge in [-0.25, -0.2) is 9.97 Å². The summed E-state index contributed by atoms with van der Waals surface area (Å²) in [4.78, 5) is 13.6. The molecule has 3 rings (SSSR count). The highest BCUT2D eigenvalue weighted by atomic mass is 32.1. The quantitative estimate of drug-likeness (QED) is 0.586. The minimum Gasteiger partial charge on any atom is -0.368 e. The van der Waals surface area contributed by atoms with E-state index in [0.717, 1.165) is 29.2 Å². The van der Waals surface area contributed by atoms with Gasteiger partial charge >= 0.3 is 0 Å². The highest BCUT2D eigenvalue weighted by molar-refractivity contribution is 7.09. The topological polar surface area (TPSA) is 50.7 Å². The average Bonchev–Trinajstić information content (AvgIpc) is 3.20. The number of pyridine rings is 2. The number of thiazole rings is 1. The van der Waals surface area contributed by atoms with Crippen LogP contribution >= 0.6 is 11.3 Å². The summed E-state index contributed by atoms with van der Waals surface area (Å²) in [5, 5.41) is 6.73. The predicted octanol–water partition coefficient (Wildman–Crippen LogP) is 5.93. The van der Waals surface area contributed by atoms with Crippen LogP contribution in [0.25, 0.3) is 11.4 Å². The second-order valence-corrected chi connectivity index (χ2v) is 7.06. The lowest BCUT2D eigenvalue weighted by molar-refractivity contribution is 0.608. The number of rotatable bonds is 6. The third-order valence-electron chi connectivity index (χ3n) is 3.98. The van der Waals surface area contributed by atoms with Crippen LogP contribution in [0.5, 0.6) is 0 Å². The molecule has 5 heteroatoms. The van der Waals surface area contributed by atoms with Gasteiger partial charge in [0.05, 0.1) is 16.4 Å². The maximum Gasteiger partial charge on any atom is 0.126 e. The summed E-state index contributed by atoms with van der Waals surface area (Å²) in [6, 6.07) is 10.3. The molecule has 3 aromatic rings. The van der Waals surface area contributed by atoms with Gasteiger partial charge in [0.2, 0.25) is 0 Å². The fraction of sp³-hybridized carbons (Fsp3) is 0.381. The van der Waals surface area contributed by atoms with Crippen molar-refractivity contribution in [3.63, 3.8) is 0 Å². The first-order chi connectivity index (χ1) is 12.6. The highest BCUT2D eigenvalue weighted by Crippen LogP contribution is 2.25. The molecule has 0 amide bonds. The molecule has 0 spiro atoms. The number of aromatic nitrogens is 3. The Bertz CT molecular complexity index is 772. The van der Waals surface area contributed by atoms with Crippen molar-refractivity contribution in [1.29, 1.82) is 0 Å². The van der Waals surface area contributed by atoms with E-state index < -0.39 is 0 Å². The van der Waals surface area contributed by atoms with Gasteiger partial charge in [-0.15, -0.1) is 11.3 Å². The minimum atomic E-state index is 0.315. The standard InChI is InChI=1S/C19H22N4S.C2H6/c1-13-7-8-17(23-18(13)16-6-4-5-9-20-16)22-15(3)12-14(2)19-21-10-11-24-19;1-2/h4-11,14-15H,12H2,1-3H3,(H,22,23);1-2H3. The van der Waals surface area contributed by atoms with Gasteiger partial charge in [-0.05, 0) is 44.0 Å². The smallest absolute Gasteiger partial charge is 0.126 e. The summed E-state index contributed by atoms with van der Waals surface area (Å²) in [5.74, 6) is 1.33. The van der Waals surface area contributed by atoms with Crippen molar-refractivity contribution in [3.8, 4) is 11.4 Å². The van der Waals surface area contributed by atoms with E-state index in [-0.39, 0.29) is 0 Å². The summed E-state index contributed by atoms with van der Waals surface area (Å²) in [6.07, 6.45) is 4.69. The Morgan fingerprint density at radius 2 is 1.85 bits per heavy atom. The lowest BCUT2D eigenvalue weighted by atomic mass is 10.0. The van der Waals surface area contributed by atoms with Crippen molar-refractivity contribution in [2.45, 2.75) is 53.0 Å². The number of anilines is 1. The molecule has 0 aliphatic heterocycles. The minimum absolute atomic E-state index is 0.315. The molecule has 26 heavy (non-hydrogen) atoms. The van der Waals surface area contributed by atoms with E-state index in [1.165, 1.54) is 5.01 Å². The van der Waals surface area contributed by atoms with Crippen molar-refractivity contribution in [3.05, 3.63) is 58.7 Å². The predicted molar refractivity (Wildman–Crippen MR) is 112 cm³/mol. The molecule has 0 fully saturated rings. The van der Waals surface area contributed by atoms with Crippen LogP contribution in [-0.4, -0.2) is 21.0 Å². The van der Waals surface area contributed by atoms with Crippen molar-refractivity contribution in [2.24, 2.45) is 0 Å². The third kappa shape index (κ3) is 5.36. The molecule has 0 aromatic carbocycles. The number of aryl methyl sites for hydroxylation is 1. The number of nitrogens with zero attached hydrogens (tertiary/aromatic N) is 3. The number of hydrogen-bond donors (Lipinski definition) is 1. The monoisotopic (exact) mass is 368 g/mol. The van der Waals surface area contributed by atoms with Gasteiger partial charge in [-0.2, -0.15) is 0 Å². The van der Waals surface area contributed by atoms with Gasteiger partial charge < -0.3 is 5.32 Å². The van der Waals surface area contributed by atoms with E-state index in [4.69, 9.17) is 4.98 Å². The molecule has 138 valence electrons. The fourth-order valence-electron chi connectivity index (χ4n) is 2.79. The molecule has 2 atom stereocenters. The Labute approximate surface area is 160 Å². The van der Waals surface area contributed by atoms with Crippen LogP contribution in [0, 0.1) is 6.92 Å². The molecule has 0 aliphatic carbocycles. The van der Waals surface area contributed by atoms with Crippen LogP contribution in [0.2, 0.25) is 0 Å². The molecule has 0 bridgehead atoms. The average molecular weight is 369 g/mol. The highest BCUT2D eigenvalue weighted by Gasteiger charge is 2.14. The molecule has 0 saturated heterocycles. The third-order valence-corrected chi connectivity index (χ3v) is 4.99. The lowest BCUT2D eigenvalue weighted by Crippen LogP contribution is -2.18. The van der Waals surface area contributed by atoms with Gasteiger partial charge in [-0.3, -0.25) is 4.98 Å². The van der Waals surface area contributed by atoms with Crippen LogP contribution in [0.3, 0.4) is 0 Å². The van der Waals surface area contributed by atoms with Gasteiger partial charge in [0, 0.05) is 29.7 Å². The molecule has 0 saturated carbocycles. The first-order valence-electron chi connectivity index (χ1n) is 9.18. The van der Waals surface area contributed by atoms with Gasteiger partial charge in [0.15, 0.2) is 0 Å². The summed E-state index contributed by atoms with van der Waals surface area (Å²) < 4.78 is 0. The van der Waals surface area contributed by atoms with Gasteiger partial charge in [-0.1, -0.05) is 32.9 Å². The largest absolute Gasteiger partial charge is 0.368 e. The first-order valence-corrected chi connectivity index (χ1v) is 10.1. The van der Waals surface area contributed by atoms with Gasteiger partial charge in [0.1, 0.15) is 5.82 Å². The Morgan fingerprint density at radius 1 is 1.04 bits per heavy atom. The van der Waals surface area contributed by atoms with E-state index in [0.29, 0.717) is 12.0 Å². The van der Waals surface area contributed by atoms with Gasteiger partial charge in [0.25, 0.3) is 0 Å². The SMILES string of the molecule is CC.Cc1ccc(NC(C)CC(C)c2nccs2)nc1-c1ccccn1. The van der Waals surface area contributed by atoms with Crippen LogP contribution in [0.1, 0.15) is 50.6 Å². The summed E-state index contributed by atoms with van der Waals surface area (Å²) in [6.45, 7) is 10.5. The molecule has 0 radical (unpaired) electrons. The Kier molecular flexibility index (Phi) is 7.73. The Balaban J connectivity index is 0.00000117. The molecular formula is C21H28N4S. The van der Waals surface area contributed by atoms with Crippen LogP contribution < -0.4 is 5.32 Å². The molecule has 2 unspecified atom stereocenters. The molecule has 3 aromatic heterocycles. The molecular weight excluding hydrogens is 340 g/mol. The summed E-state index contributed by atoms with van der Waals surface area (Å²) >= 11 is 1.72. The van der Waals surface area contributed by atoms with E-state index in [2.05, 4.69) is 42.1 Å². The maximum atomic E-state index is 4.77. The fourth-order valence-corrected chi connectivity index (χ4v) is 3.50. The number of nitrogens with one attached hydrogen (secondary N) is 1. The molecule has 1 N–H and O–H groups in total. The van der Waals surface area contributed by atoms with Crippen molar-refractivity contribution < 1.29 is 0 Å². The molecule has 4 nitrogen and oxygen atoms in total. The van der Waals surface area contributed by atoms with E-state index in [1.54, 1.807) is 17.5 Å². The number of hydrogen-bond acceptors (Lipinski definition) is 5. The van der Waals surface area contributed by atoms with E-state index >= 15 is 0 Å². The summed E-state index contributed by atoms with van der Waals surface area (Å²) in [7, 11) is 0. The van der Waals surface area contributed by atoms with Crippen LogP contribution in [0.15, 0.2) is 48.1 Å².